The predicted octanol–water partition coefficient (Wildman–Crippen LogP) is 1.82. The van der Waals surface area contributed by atoms with Crippen LogP contribution in [0.5, 0.6) is 5.75 Å². The van der Waals surface area contributed by atoms with E-state index in [1.165, 1.54) is 0 Å². The van der Waals surface area contributed by atoms with Gasteiger partial charge in [-0.15, -0.1) is 0 Å². The number of benzene rings is 1. The van der Waals surface area contributed by atoms with Crippen molar-refractivity contribution in [2.45, 2.75) is 0 Å². The first kappa shape index (κ1) is 13.0. The fourth-order valence-corrected chi connectivity index (χ4v) is 1.40. The number of hydrogen-bond acceptors (Lipinski definition) is 4. The van der Waals surface area contributed by atoms with Gasteiger partial charge in [0.1, 0.15) is 19.0 Å². The average Bonchev–Trinajstić information content (AvgIpc) is 2.49. The number of carbonyl (C=O) groups excluding carboxylic acids is 1. The molecular formula is C14H14N2O3. The second-order valence-electron chi connectivity index (χ2n) is 3.68. The predicted molar refractivity (Wildman–Crippen MR) is 69.6 cm³/mol. The Bertz CT molecular complexity index is 503. The minimum atomic E-state index is -0.304. The van der Waals surface area contributed by atoms with Crippen molar-refractivity contribution in [2.24, 2.45) is 0 Å². The summed E-state index contributed by atoms with van der Waals surface area (Å²) in [6, 6.07) is 12.6. The monoisotopic (exact) mass is 258 g/mol. The van der Waals surface area contributed by atoms with E-state index in [-0.39, 0.29) is 12.5 Å². The molecule has 0 unspecified atom stereocenters. The van der Waals surface area contributed by atoms with E-state index in [4.69, 9.17) is 9.57 Å². The van der Waals surface area contributed by atoms with E-state index in [1.54, 1.807) is 24.5 Å². The molecule has 0 spiro atoms. The molecule has 0 bridgehead atoms. The number of rotatable bonds is 6. The van der Waals surface area contributed by atoms with Gasteiger partial charge in [-0.2, -0.15) is 0 Å². The molecule has 1 amide bonds. The Morgan fingerprint density at radius 1 is 1.05 bits per heavy atom. The smallest absolute Gasteiger partial charge is 0.274 e. The van der Waals surface area contributed by atoms with Gasteiger partial charge in [0.05, 0.1) is 0 Å². The van der Waals surface area contributed by atoms with Crippen molar-refractivity contribution in [3.8, 4) is 5.75 Å². The number of para-hydroxylation sites is 1. The molecule has 19 heavy (non-hydrogen) atoms. The van der Waals surface area contributed by atoms with Crippen LogP contribution in [0.1, 0.15) is 10.4 Å². The fourth-order valence-electron chi connectivity index (χ4n) is 1.40. The lowest BCUT2D eigenvalue weighted by Crippen LogP contribution is -2.25. The molecular weight excluding hydrogens is 244 g/mol. The SMILES string of the molecule is O=C(NOCCOc1ccccc1)c1ccncc1. The van der Waals surface area contributed by atoms with Crippen molar-refractivity contribution in [2.75, 3.05) is 13.2 Å². The van der Waals surface area contributed by atoms with Gasteiger partial charge in [0.25, 0.3) is 5.91 Å². The molecule has 0 aliphatic rings. The maximum atomic E-state index is 11.6. The fraction of sp³-hybridized carbons (Fsp3) is 0.143. The molecule has 1 aromatic heterocycles. The van der Waals surface area contributed by atoms with Crippen LogP contribution in [0.4, 0.5) is 0 Å². The van der Waals surface area contributed by atoms with E-state index in [0.29, 0.717) is 12.2 Å². The summed E-state index contributed by atoms with van der Waals surface area (Å²) in [5, 5.41) is 0. The van der Waals surface area contributed by atoms with Gasteiger partial charge in [0.15, 0.2) is 0 Å². The second kappa shape index (κ2) is 7.13. The number of hydroxylamine groups is 1. The molecule has 1 aromatic carbocycles. The van der Waals surface area contributed by atoms with Crippen molar-refractivity contribution < 1.29 is 14.4 Å². The zero-order valence-corrected chi connectivity index (χ0v) is 10.3. The summed E-state index contributed by atoms with van der Waals surface area (Å²) in [5.74, 6) is 0.466. The number of nitrogens with one attached hydrogen (secondary N) is 1. The maximum Gasteiger partial charge on any atom is 0.274 e. The van der Waals surface area contributed by atoms with Crippen molar-refractivity contribution in [3.05, 3.63) is 60.4 Å². The summed E-state index contributed by atoms with van der Waals surface area (Å²) in [4.78, 5) is 20.4. The zero-order valence-electron chi connectivity index (χ0n) is 10.3. The van der Waals surface area contributed by atoms with Gasteiger partial charge in [0.2, 0.25) is 0 Å². The minimum Gasteiger partial charge on any atom is -0.491 e. The molecule has 0 saturated heterocycles. The normalized spacial score (nSPS) is 9.89. The molecule has 0 radical (unpaired) electrons. The van der Waals surface area contributed by atoms with Crippen LogP contribution >= 0.6 is 0 Å². The lowest BCUT2D eigenvalue weighted by Gasteiger charge is -2.07. The minimum absolute atomic E-state index is 0.270. The first-order chi connectivity index (χ1) is 9.36. The standard InChI is InChI=1S/C14H14N2O3/c17-14(12-6-8-15-9-7-12)16-19-11-10-18-13-4-2-1-3-5-13/h1-9H,10-11H2,(H,16,17). The van der Waals surface area contributed by atoms with Crippen molar-refractivity contribution in [1.29, 1.82) is 0 Å². The first-order valence-electron chi connectivity index (χ1n) is 5.86. The average molecular weight is 258 g/mol. The van der Waals surface area contributed by atoms with Gasteiger partial charge in [-0.3, -0.25) is 14.6 Å². The lowest BCUT2D eigenvalue weighted by atomic mass is 10.3. The molecule has 1 heterocycles. The molecule has 5 nitrogen and oxygen atoms in total. The molecule has 0 fully saturated rings. The van der Waals surface area contributed by atoms with Crippen LogP contribution in [0.2, 0.25) is 0 Å². The van der Waals surface area contributed by atoms with E-state index >= 15 is 0 Å². The molecule has 0 saturated carbocycles. The molecule has 2 aromatic rings. The van der Waals surface area contributed by atoms with Crippen molar-refractivity contribution in [3.63, 3.8) is 0 Å². The summed E-state index contributed by atoms with van der Waals surface area (Å²) in [6.07, 6.45) is 3.10. The lowest BCUT2D eigenvalue weighted by molar-refractivity contribution is 0.0200. The Morgan fingerprint density at radius 3 is 2.53 bits per heavy atom. The molecule has 1 N–H and O–H groups in total. The third-order valence-electron chi connectivity index (χ3n) is 2.30. The summed E-state index contributed by atoms with van der Waals surface area (Å²) in [7, 11) is 0. The quantitative estimate of drug-likeness (QED) is 0.634. The molecule has 0 aliphatic carbocycles. The number of amides is 1. The largest absolute Gasteiger partial charge is 0.491 e. The Kier molecular flexibility index (Phi) is 4.89. The molecule has 0 atom stereocenters. The van der Waals surface area contributed by atoms with Crippen LogP contribution in [0, 0.1) is 0 Å². The van der Waals surface area contributed by atoms with E-state index in [0.717, 1.165) is 5.75 Å². The Balaban J connectivity index is 1.63. The number of aromatic nitrogens is 1. The van der Waals surface area contributed by atoms with Crippen LogP contribution in [-0.2, 0) is 4.84 Å². The van der Waals surface area contributed by atoms with Crippen LogP contribution in [0.3, 0.4) is 0 Å². The van der Waals surface area contributed by atoms with Gasteiger partial charge in [0, 0.05) is 18.0 Å². The molecule has 2 rings (SSSR count). The highest BCUT2D eigenvalue weighted by Gasteiger charge is 2.03. The third-order valence-corrected chi connectivity index (χ3v) is 2.30. The summed E-state index contributed by atoms with van der Waals surface area (Å²) >= 11 is 0. The number of hydrogen-bond donors (Lipinski definition) is 1. The highest BCUT2D eigenvalue weighted by Crippen LogP contribution is 2.07. The third kappa shape index (κ3) is 4.40. The Hall–Kier alpha value is -2.40. The summed E-state index contributed by atoms with van der Waals surface area (Å²) < 4.78 is 5.41. The van der Waals surface area contributed by atoms with Gasteiger partial charge in [-0.1, -0.05) is 18.2 Å². The number of pyridine rings is 1. The highest BCUT2D eigenvalue weighted by atomic mass is 16.7. The number of carbonyl (C=O) groups is 1. The van der Waals surface area contributed by atoms with E-state index in [9.17, 15) is 4.79 Å². The molecule has 5 heteroatoms. The van der Waals surface area contributed by atoms with Gasteiger partial charge >= 0.3 is 0 Å². The topological polar surface area (TPSA) is 60.5 Å². The van der Waals surface area contributed by atoms with Crippen LogP contribution in [-0.4, -0.2) is 24.1 Å². The summed E-state index contributed by atoms with van der Waals surface area (Å²) in [5.41, 5.74) is 2.84. The van der Waals surface area contributed by atoms with Crippen LogP contribution < -0.4 is 10.2 Å². The van der Waals surface area contributed by atoms with Crippen LogP contribution in [0.25, 0.3) is 0 Å². The molecule has 0 aliphatic heterocycles. The summed E-state index contributed by atoms with van der Waals surface area (Å²) in [6.45, 7) is 0.631. The van der Waals surface area contributed by atoms with Gasteiger partial charge in [-0.05, 0) is 24.3 Å². The van der Waals surface area contributed by atoms with E-state index in [2.05, 4.69) is 10.5 Å². The highest BCUT2D eigenvalue weighted by molar-refractivity contribution is 5.93. The van der Waals surface area contributed by atoms with E-state index in [1.807, 2.05) is 30.3 Å². The van der Waals surface area contributed by atoms with Crippen LogP contribution in [0.15, 0.2) is 54.9 Å². The second-order valence-corrected chi connectivity index (χ2v) is 3.68. The van der Waals surface area contributed by atoms with Crippen molar-refractivity contribution >= 4 is 5.91 Å². The first-order valence-corrected chi connectivity index (χ1v) is 5.86. The molecule has 98 valence electrons. The zero-order chi connectivity index (χ0) is 13.3. The number of nitrogens with zero attached hydrogens (tertiary/aromatic N) is 1. The maximum absolute atomic E-state index is 11.6. The van der Waals surface area contributed by atoms with E-state index < -0.39 is 0 Å². The number of ether oxygens (including phenoxy) is 1. The Labute approximate surface area is 111 Å². The van der Waals surface area contributed by atoms with Gasteiger partial charge < -0.3 is 4.74 Å². The van der Waals surface area contributed by atoms with Crippen molar-refractivity contribution in [1.82, 2.24) is 10.5 Å². The Morgan fingerprint density at radius 2 is 1.79 bits per heavy atom. The van der Waals surface area contributed by atoms with Gasteiger partial charge in [-0.25, -0.2) is 5.48 Å².